The number of aliphatic hydroxyl groups excluding tert-OH is 1. The Balaban J connectivity index is 1.87. The van der Waals surface area contributed by atoms with Crippen molar-refractivity contribution in [3.8, 4) is 0 Å². The van der Waals surface area contributed by atoms with Crippen molar-refractivity contribution in [2.45, 2.75) is 58.9 Å². The van der Waals surface area contributed by atoms with Gasteiger partial charge >= 0.3 is 0 Å². The number of likely N-dealkylation sites (tertiary alicyclic amines) is 1. The quantitative estimate of drug-likeness (QED) is 0.269. The fourth-order valence-corrected chi connectivity index (χ4v) is 4.43. The lowest BCUT2D eigenvalue weighted by atomic mass is 9.96. The summed E-state index contributed by atoms with van der Waals surface area (Å²) < 4.78 is 0. The molecule has 6 nitrogen and oxygen atoms in total. The van der Waals surface area contributed by atoms with Crippen LogP contribution in [0.3, 0.4) is 0 Å². The monoisotopic (exact) mass is 463 g/mol. The molecule has 0 bridgehead atoms. The standard InChI is InChI=1S/C28H37N3O3/c1-4-6-16-30(17-7-5-2)18-9-19-31-25(23-10-8-15-29-20-23)24(27(33)28(31)34)26(32)22-13-11-21(3)12-14-22/h8,10-15,20,25,32H,4-7,9,16-19H2,1-3H3. The summed E-state index contributed by atoms with van der Waals surface area (Å²) in [5, 5.41) is 11.1. The lowest BCUT2D eigenvalue weighted by Gasteiger charge is -2.27. The molecule has 1 unspecified atom stereocenters. The van der Waals surface area contributed by atoms with E-state index in [1.807, 2.05) is 25.1 Å². The van der Waals surface area contributed by atoms with Crippen LogP contribution in [-0.4, -0.2) is 57.8 Å². The minimum absolute atomic E-state index is 0.135. The van der Waals surface area contributed by atoms with Gasteiger partial charge in [0.1, 0.15) is 5.76 Å². The Morgan fingerprint density at radius 2 is 1.65 bits per heavy atom. The van der Waals surface area contributed by atoms with Crippen molar-refractivity contribution in [2.75, 3.05) is 26.2 Å². The number of benzene rings is 1. The highest BCUT2D eigenvalue weighted by Crippen LogP contribution is 2.39. The molecule has 0 radical (unpaired) electrons. The summed E-state index contributed by atoms with van der Waals surface area (Å²) in [7, 11) is 0. The van der Waals surface area contributed by atoms with Gasteiger partial charge in [-0.25, -0.2) is 0 Å². The molecule has 1 saturated heterocycles. The first-order valence-electron chi connectivity index (χ1n) is 12.5. The molecule has 0 spiro atoms. The zero-order valence-corrected chi connectivity index (χ0v) is 20.7. The molecule has 1 N–H and O–H groups in total. The normalized spacial score (nSPS) is 17.6. The van der Waals surface area contributed by atoms with Gasteiger partial charge in [-0.15, -0.1) is 0 Å². The summed E-state index contributed by atoms with van der Waals surface area (Å²) in [6.45, 7) is 9.77. The first-order valence-corrected chi connectivity index (χ1v) is 12.5. The molecule has 1 aliphatic heterocycles. The van der Waals surface area contributed by atoms with E-state index in [0.717, 1.165) is 62.9 Å². The number of carbonyl (C=O) groups is 2. The van der Waals surface area contributed by atoms with E-state index in [1.165, 1.54) is 0 Å². The lowest BCUT2D eigenvalue weighted by Crippen LogP contribution is -2.34. The van der Waals surface area contributed by atoms with Gasteiger partial charge in [-0.1, -0.05) is 62.6 Å². The third kappa shape index (κ3) is 6.11. The maximum absolute atomic E-state index is 13.1. The number of hydrogen-bond donors (Lipinski definition) is 1. The first-order chi connectivity index (χ1) is 16.5. The van der Waals surface area contributed by atoms with Crippen LogP contribution in [0.1, 0.15) is 68.7 Å². The number of rotatable bonds is 12. The summed E-state index contributed by atoms with van der Waals surface area (Å²) in [5.41, 5.74) is 2.44. The average Bonchev–Trinajstić information content (AvgIpc) is 3.11. The molecule has 1 atom stereocenters. The molecule has 2 aromatic rings. The molecule has 1 aromatic carbocycles. The van der Waals surface area contributed by atoms with E-state index in [9.17, 15) is 14.7 Å². The Kier molecular flexibility index (Phi) is 9.40. The maximum Gasteiger partial charge on any atom is 0.295 e. The third-order valence-corrected chi connectivity index (χ3v) is 6.39. The van der Waals surface area contributed by atoms with Crippen molar-refractivity contribution < 1.29 is 14.7 Å². The molecular weight excluding hydrogens is 426 g/mol. The van der Waals surface area contributed by atoms with Crippen LogP contribution in [0.4, 0.5) is 0 Å². The zero-order chi connectivity index (χ0) is 24.5. The molecule has 34 heavy (non-hydrogen) atoms. The largest absolute Gasteiger partial charge is 0.507 e. The lowest BCUT2D eigenvalue weighted by molar-refractivity contribution is -0.140. The van der Waals surface area contributed by atoms with E-state index < -0.39 is 17.7 Å². The second kappa shape index (κ2) is 12.5. The minimum Gasteiger partial charge on any atom is -0.507 e. The Hall–Kier alpha value is -2.99. The highest BCUT2D eigenvalue weighted by Gasteiger charge is 2.45. The van der Waals surface area contributed by atoms with Crippen LogP contribution in [0, 0.1) is 6.92 Å². The van der Waals surface area contributed by atoms with Crippen LogP contribution in [0.25, 0.3) is 5.76 Å². The zero-order valence-electron chi connectivity index (χ0n) is 20.7. The Morgan fingerprint density at radius 3 is 2.24 bits per heavy atom. The molecule has 0 saturated carbocycles. The van der Waals surface area contributed by atoms with Crippen LogP contribution in [-0.2, 0) is 9.59 Å². The van der Waals surface area contributed by atoms with E-state index in [2.05, 4.69) is 23.7 Å². The van der Waals surface area contributed by atoms with Gasteiger partial charge in [-0.2, -0.15) is 0 Å². The van der Waals surface area contributed by atoms with Crippen molar-refractivity contribution in [2.24, 2.45) is 0 Å². The molecular formula is C28H37N3O3. The number of aryl methyl sites for hydroxylation is 1. The van der Waals surface area contributed by atoms with Crippen LogP contribution < -0.4 is 0 Å². The highest BCUT2D eigenvalue weighted by atomic mass is 16.3. The molecule has 2 heterocycles. The Labute approximate surface area is 203 Å². The van der Waals surface area contributed by atoms with Crippen LogP contribution in [0.15, 0.2) is 54.4 Å². The maximum atomic E-state index is 13.1. The highest BCUT2D eigenvalue weighted by molar-refractivity contribution is 6.46. The van der Waals surface area contributed by atoms with Gasteiger partial charge in [-0.05, 0) is 57.5 Å². The number of carbonyl (C=O) groups excluding carboxylic acids is 2. The predicted molar refractivity (Wildman–Crippen MR) is 135 cm³/mol. The van der Waals surface area contributed by atoms with E-state index >= 15 is 0 Å². The van der Waals surface area contributed by atoms with E-state index in [0.29, 0.717) is 12.1 Å². The summed E-state index contributed by atoms with van der Waals surface area (Å²) in [6.07, 6.45) is 8.70. The third-order valence-electron chi connectivity index (χ3n) is 6.39. The van der Waals surface area contributed by atoms with E-state index in [1.54, 1.807) is 35.5 Å². The molecule has 0 aliphatic carbocycles. The number of aliphatic hydroxyl groups is 1. The first kappa shape index (κ1) is 25.6. The van der Waals surface area contributed by atoms with Gasteiger partial charge in [0.15, 0.2) is 0 Å². The number of hydrogen-bond acceptors (Lipinski definition) is 5. The summed E-state index contributed by atoms with van der Waals surface area (Å²) in [4.78, 5) is 34.5. The van der Waals surface area contributed by atoms with Crippen LogP contribution >= 0.6 is 0 Å². The van der Waals surface area contributed by atoms with Crippen LogP contribution in [0.2, 0.25) is 0 Å². The number of ketones is 1. The van der Waals surface area contributed by atoms with Crippen molar-refractivity contribution in [1.82, 2.24) is 14.8 Å². The van der Waals surface area contributed by atoms with Crippen molar-refractivity contribution >= 4 is 17.4 Å². The Bertz CT molecular complexity index is 978. The number of amides is 1. The number of aromatic nitrogens is 1. The van der Waals surface area contributed by atoms with Gasteiger partial charge in [0.25, 0.3) is 11.7 Å². The fourth-order valence-electron chi connectivity index (χ4n) is 4.43. The van der Waals surface area contributed by atoms with Crippen LogP contribution in [0.5, 0.6) is 0 Å². The van der Waals surface area contributed by atoms with Gasteiger partial charge in [0, 0.05) is 24.5 Å². The SMILES string of the molecule is CCCCN(CCCC)CCCN1C(=O)C(=O)C(=C(O)c2ccc(C)cc2)C1c1cccnc1. The summed E-state index contributed by atoms with van der Waals surface area (Å²) in [6, 6.07) is 10.3. The second-order valence-corrected chi connectivity index (χ2v) is 9.05. The van der Waals surface area contributed by atoms with Gasteiger partial charge in [0.05, 0.1) is 11.6 Å². The minimum atomic E-state index is -0.644. The van der Waals surface area contributed by atoms with Gasteiger partial charge in [-0.3, -0.25) is 14.6 Å². The van der Waals surface area contributed by atoms with E-state index in [4.69, 9.17) is 0 Å². The predicted octanol–water partition coefficient (Wildman–Crippen LogP) is 5.10. The van der Waals surface area contributed by atoms with Gasteiger partial charge in [0.2, 0.25) is 0 Å². The summed E-state index contributed by atoms with van der Waals surface area (Å²) in [5.74, 6) is -1.33. The second-order valence-electron chi connectivity index (χ2n) is 9.05. The number of pyridine rings is 1. The molecule has 1 aliphatic rings. The molecule has 182 valence electrons. The number of Topliss-reactive ketones (excluding diaryl/α,β-unsaturated/α-hetero) is 1. The van der Waals surface area contributed by atoms with Gasteiger partial charge < -0.3 is 14.9 Å². The van der Waals surface area contributed by atoms with Crippen molar-refractivity contribution in [3.05, 3.63) is 71.1 Å². The molecule has 1 aromatic heterocycles. The summed E-state index contributed by atoms with van der Waals surface area (Å²) >= 11 is 0. The number of unbranched alkanes of at least 4 members (excludes halogenated alkanes) is 2. The van der Waals surface area contributed by atoms with Crippen molar-refractivity contribution in [3.63, 3.8) is 0 Å². The molecule has 3 rings (SSSR count). The average molecular weight is 464 g/mol. The smallest absolute Gasteiger partial charge is 0.295 e. The molecule has 1 fully saturated rings. The topological polar surface area (TPSA) is 73.7 Å². The molecule has 6 heteroatoms. The van der Waals surface area contributed by atoms with E-state index in [-0.39, 0.29) is 11.3 Å². The molecule has 1 amide bonds. The Morgan fingerprint density at radius 1 is 1.00 bits per heavy atom. The fraction of sp³-hybridized carbons (Fsp3) is 0.464. The number of nitrogens with zero attached hydrogens (tertiary/aromatic N) is 3. The van der Waals surface area contributed by atoms with Crippen molar-refractivity contribution in [1.29, 1.82) is 0 Å².